The number of rotatable bonds is 4. The van der Waals surface area contributed by atoms with Gasteiger partial charge in [0.15, 0.2) is 5.11 Å². The highest BCUT2D eigenvalue weighted by Crippen LogP contribution is 2.17. The molecule has 2 rings (SSSR count). The number of halogens is 2. The Kier molecular flexibility index (Phi) is 5.36. The molecular formula is C15H14ClFN2OS. The van der Waals surface area contributed by atoms with Gasteiger partial charge in [-0.3, -0.25) is 0 Å². The number of benzene rings is 2. The largest absolute Gasteiger partial charge is 0.497 e. The molecule has 110 valence electrons. The summed E-state index contributed by atoms with van der Waals surface area (Å²) in [7, 11) is 1.60. The van der Waals surface area contributed by atoms with Crippen LogP contribution in [-0.2, 0) is 6.54 Å². The molecule has 0 aliphatic rings. The van der Waals surface area contributed by atoms with Crippen LogP contribution in [0.3, 0.4) is 0 Å². The van der Waals surface area contributed by atoms with E-state index in [4.69, 9.17) is 28.6 Å². The Morgan fingerprint density at radius 3 is 2.81 bits per heavy atom. The molecule has 6 heteroatoms. The van der Waals surface area contributed by atoms with Gasteiger partial charge in [0.25, 0.3) is 0 Å². The Labute approximate surface area is 133 Å². The Hall–Kier alpha value is -1.85. The maximum Gasteiger partial charge on any atom is 0.171 e. The molecule has 0 fully saturated rings. The standard InChI is InChI=1S/C15H14ClFN2OS/c1-20-13-4-2-3-12(8-13)19-15(21)18-9-10-5-6-11(16)7-14(10)17/h2-8H,9H2,1H3,(H2,18,19,21). The highest BCUT2D eigenvalue weighted by molar-refractivity contribution is 7.80. The summed E-state index contributed by atoms with van der Waals surface area (Å²) in [5.74, 6) is 0.366. The first-order valence-corrected chi connectivity index (χ1v) is 7.00. The first kappa shape index (κ1) is 15.5. The average molecular weight is 325 g/mol. The highest BCUT2D eigenvalue weighted by atomic mass is 35.5. The van der Waals surface area contributed by atoms with E-state index >= 15 is 0 Å². The predicted octanol–water partition coefficient (Wildman–Crippen LogP) is 3.97. The van der Waals surface area contributed by atoms with Crippen LogP contribution in [0.15, 0.2) is 42.5 Å². The first-order chi connectivity index (χ1) is 10.1. The van der Waals surface area contributed by atoms with Crippen molar-refractivity contribution in [3.8, 4) is 5.75 Å². The fourth-order valence-corrected chi connectivity index (χ4v) is 2.07. The van der Waals surface area contributed by atoms with E-state index in [9.17, 15) is 4.39 Å². The van der Waals surface area contributed by atoms with Gasteiger partial charge < -0.3 is 15.4 Å². The molecule has 0 radical (unpaired) electrons. The minimum Gasteiger partial charge on any atom is -0.497 e. The molecule has 0 aliphatic heterocycles. The summed E-state index contributed by atoms with van der Waals surface area (Å²) in [5.41, 5.74) is 1.29. The van der Waals surface area contributed by atoms with Crippen molar-refractivity contribution in [2.24, 2.45) is 0 Å². The second-order valence-electron chi connectivity index (χ2n) is 4.28. The maximum absolute atomic E-state index is 13.6. The second kappa shape index (κ2) is 7.24. The average Bonchev–Trinajstić information content (AvgIpc) is 2.46. The lowest BCUT2D eigenvalue weighted by molar-refractivity contribution is 0.415. The van der Waals surface area contributed by atoms with Gasteiger partial charge in [0, 0.05) is 28.9 Å². The van der Waals surface area contributed by atoms with Gasteiger partial charge in [-0.1, -0.05) is 23.7 Å². The Morgan fingerprint density at radius 2 is 2.10 bits per heavy atom. The third kappa shape index (κ3) is 4.58. The Bertz CT molecular complexity index is 651. The quantitative estimate of drug-likeness (QED) is 0.834. The van der Waals surface area contributed by atoms with Crippen LogP contribution >= 0.6 is 23.8 Å². The monoisotopic (exact) mass is 324 g/mol. The van der Waals surface area contributed by atoms with Gasteiger partial charge in [-0.2, -0.15) is 0 Å². The van der Waals surface area contributed by atoms with E-state index in [2.05, 4.69) is 10.6 Å². The fourth-order valence-electron chi connectivity index (χ4n) is 1.72. The van der Waals surface area contributed by atoms with Gasteiger partial charge in [-0.05, 0) is 36.5 Å². The first-order valence-electron chi connectivity index (χ1n) is 6.21. The van der Waals surface area contributed by atoms with Crippen molar-refractivity contribution in [3.05, 3.63) is 58.9 Å². The van der Waals surface area contributed by atoms with Crippen molar-refractivity contribution in [1.82, 2.24) is 5.32 Å². The summed E-state index contributed by atoms with van der Waals surface area (Å²) in [6.07, 6.45) is 0. The van der Waals surface area contributed by atoms with E-state index in [1.54, 1.807) is 19.2 Å². The summed E-state index contributed by atoms with van der Waals surface area (Å²) in [6, 6.07) is 11.9. The van der Waals surface area contributed by atoms with Gasteiger partial charge >= 0.3 is 0 Å². The van der Waals surface area contributed by atoms with E-state index in [0.717, 1.165) is 11.4 Å². The number of ether oxygens (including phenoxy) is 1. The number of nitrogens with one attached hydrogen (secondary N) is 2. The summed E-state index contributed by atoms with van der Waals surface area (Å²) >= 11 is 10.9. The van der Waals surface area contributed by atoms with E-state index < -0.39 is 0 Å². The maximum atomic E-state index is 13.6. The molecule has 21 heavy (non-hydrogen) atoms. The summed E-state index contributed by atoms with van der Waals surface area (Å²) < 4.78 is 18.7. The van der Waals surface area contributed by atoms with Gasteiger partial charge in [0.05, 0.1) is 7.11 Å². The normalized spacial score (nSPS) is 10.0. The molecular weight excluding hydrogens is 311 g/mol. The van der Waals surface area contributed by atoms with Crippen LogP contribution < -0.4 is 15.4 Å². The zero-order chi connectivity index (χ0) is 15.2. The van der Waals surface area contributed by atoms with Crippen LogP contribution in [0, 0.1) is 5.82 Å². The molecule has 0 heterocycles. The molecule has 0 bridgehead atoms. The molecule has 0 aliphatic carbocycles. The lowest BCUT2D eigenvalue weighted by atomic mass is 10.2. The van der Waals surface area contributed by atoms with Crippen molar-refractivity contribution >= 4 is 34.6 Å². The summed E-state index contributed by atoms with van der Waals surface area (Å²) in [5, 5.41) is 6.72. The topological polar surface area (TPSA) is 33.3 Å². The van der Waals surface area contributed by atoms with E-state index in [1.807, 2.05) is 24.3 Å². The SMILES string of the molecule is COc1cccc(NC(=S)NCc2ccc(Cl)cc2F)c1. The van der Waals surface area contributed by atoms with Gasteiger partial charge in [0.2, 0.25) is 0 Å². The fraction of sp³-hybridized carbons (Fsp3) is 0.133. The number of anilines is 1. The number of methoxy groups -OCH3 is 1. The molecule has 2 aromatic carbocycles. The molecule has 0 aromatic heterocycles. The van der Waals surface area contributed by atoms with Crippen molar-refractivity contribution < 1.29 is 9.13 Å². The van der Waals surface area contributed by atoms with Crippen LogP contribution in [-0.4, -0.2) is 12.2 Å². The molecule has 3 nitrogen and oxygen atoms in total. The van der Waals surface area contributed by atoms with Gasteiger partial charge in [-0.25, -0.2) is 4.39 Å². The molecule has 0 saturated carbocycles. The van der Waals surface area contributed by atoms with Crippen LogP contribution in [0.4, 0.5) is 10.1 Å². The van der Waals surface area contributed by atoms with E-state index in [1.165, 1.54) is 6.07 Å². The molecule has 0 atom stereocenters. The van der Waals surface area contributed by atoms with Crippen LogP contribution in [0.1, 0.15) is 5.56 Å². The van der Waals surface area contributed by atoms with Gasteiger partial charge in [-0.15, -0.1) is 0 Å². The minimum atomic E-state index is -0.362. The third-order valence-electron chi connectivity index (χ3n) is 2.78. The van der Waals surface area contributed by atoms with Crippen molar-refractivity contribution in [3.63, 3.8) is 0 Å². The molecule has 0 spiro atoms. The summed E-state index contributed by atoms with van der Waals surface area (Å²) in [4.78, 5) is 0. The molecule has 2 aromatic rings. The van der Waals surface area contributed by atoms with E-state index in [0.29, 0.717) is 15.7 Å². The summed E-state index contributed by atoms with van der Waals surface area (Å²) in [6.45, 7) is 0.277. The zero-order valence-corrected chi connectivity index (χ0v) is 12.9. The molecule has 2 N–H and O–H groups in total. The van der Waals surface area contributed by atoms with Crippen LogP contribution in [0.5, 0.6) is 5.75 Å². The van der Waals surface area contributed by atoms with Crippen molar-refractivity contribution in [2.75, 3.05) is 12.4 Å². The molecule has 0 saturated heterocycles. The van der Waals surface area contributed by atoms with Crippen LogP contribution in [0.2, 0.25) is 5.02 Å². The van der Waals surface area contributed by atoms with Crippen molar-refractivity contribution in [2.45, 2.75) is 6.54 Å². The van der Waals surface area contributed by atoms with Crippen LogP contribution in [0.25, 0.3) is 0 Å². The highest BCUT2D eigenvalue weighted by Gasteiger charge is 2.04. The zero-order valence-electron chi connectivity index (χ0n) is 11.3. The Morgan fingerprint density at radius 1 is 1.29 bits per heavy atom. The Balaban J connectivity index is 1.92. The molecule has 0 amide bonds. The number of hydrogen-bond donors (Lipinski definition) is 2. The predicted molar refractivity (Wildman–Crippen MR) is 87.5 cm³/mol. The van der Waals surface area contributed by atoms with Crippen molar-refractivity contribution in [1.29, 1.82) is 0 Å². The smallest absolute Gasteiger partial charge is 0.171 e. The number of hydrogen-bond acceptors (Lipinski definition) is 2. The second-order valence-corrected chi connectivity index (χ2v) is 5.12. The molecule has 0 unspecified atom stereocenters. The van der Waals surface area contributed by atoms with E-state index in [-0.39, 0.29) is 12.4 Å². The lowest BCUT2D eigenvalue weighted by Crippen LogP contribution is -2.28. The lowest BCUT2D eigenvalue weighted by Gasteiger charge is -2.12. The number of thiocarbonyl (C=S) groups is 1. The minimum absolute atomic E-state index is 0.277. The van der Waals surface area contributed by atoms with Gasteiger partial charge in [0.1, 0.15) is 11.6 Å². The third-order valence-corrected chi connectivity index (χ3v) is 3.26.